The number of nitrogens with one attached hydrogen (secondary N) is 1. The third-order valence-corrected chi connectivity index (χ3v) is 4.65. The predicted octanol–water partition coefficient (Wildman–Crippen LogP) is 4.09. The predicted molar refractivity (Wildman–Crippen MR) is 105 cm³/mol. The first-order valence-corrected chi connectivity index (χ1v) is 9.23. The molecule has 2 aromatic carbocycles. The number of imidazole rings is 1. The summed E-state index contributed by atoms with van der Waals surface area (Å²) in [5.41, 5.74) is 6.20. The smallest absolute Gasteiger partial charge is 0.379 e. The number of nitrogens with two attached hydrogens (primary N) is 1. The summed E-state index contributed by atoms with van der Waals surface area (Å²) in [6.45, 7) is -0.254. The minimum atomic E-state index is -4.55. The van der Waals surface area contributed by atoms with Crippen molar-refractivity contribution < 1.29 is 22.6 Å². The largest absolute Gasteiger partial charge is 0.416 e. The lowest BCUT2D eigenvalue weighted by atomic mass is 10.2. The highest BCUT2D eigenvalue weighted by molar-refractivity contribution is 9.10. The van der Waals surface area contributed by atoms with Crippen molar-refractivity contribution in [2.24, 2.45) is 0 Å². The molecule has 0 atom stereocenters. The lowest BCUT2D eigenvalue weighted by Crippen LogP contribution is -2.20. The Kier molecular flexibility index (Phi) is 4.94. The van der Waals surface area contributed by atoms with E-state index in [2.05, 4.69) is 41.2 Å². The van der Waals surface area contributed by atoms with E-state index in [-0.39, 0.29) is 34.0 Å². The lowest BCUT2D eigenvalue weighted by Gasteiger charge is -2.12. The molecule has 8 nitrogen and oxygen atoms in total. The summed E-state index contributed by atoms with van der Waals surface area (Å²) in [6, 6.07) is 10.2. The van der Waals surface area contributed by atoms with Gasteiger partial charge < -0.3 is 15.6 Å². The summed E-state index contributed by atoms with van der Waals surface area (Å²) in [4.78, 5) is 17.1. The van der Waals surface area contributed by atoms with Crippen LogP contribution in [0.15, 0.2) is 51.6 Å². The van der Waals surface area contributed by atoms with Crippen LogP contribution in [0.1, 0.15) is 5.56 Å². The minimum absolute atomic E-state index is 0.00436. The van der Waals surface area contributed by atoms with Crippen molar-refractivity contribution in [2.75, 3.05) is 11.1 Å². The fourth-order valence-electron chi connectivity index (χ4n) is 2.94. The standard InChI is InChI=1S/C18H12BrF3N6O2/c19-10-5-9(18(20,21)22)6-11(7-10)24-14(29)8-28-13-4-2-1-3-12(13)25-17(28)15-16(23)27-30-26-15/h1-7H,8H2,(H2,23,27)(H,24,29). The SMILES string of the molecule is Nc1nonc1-c1nc2ccccc2n1CC(=O)Nc1cc(Br)cc(C(F)(F)F)c1. The van der Waals surface area contributed by atoms with Crippen molar-refractivity contribution in [3.05, 3.63) is 52.5 Å². The molecule has 12 heteroatoms. The van der Waals surface area contributed by atoms with Crippen LogP contribution in [0.3, 0.4) is 0 Å². The van der Waals surface area contributed by atoms with Crippen LogP contribution in [0.25, 0.3) is 22.6 Å². The molecule has 2 heterocycles. The molecule has 1 amide bonds. The number of amides is 1. The summed E-state index contributed by atoms with van der Waals surface area (Å²) < 4.78 is 45.4. The maximum absolute atomic E-state index is 13.0. The monoisotopic (exact) mass is 480 g/mol. The second kappa shape index (κ2) is 7.44. The van der Waals surface area contributed by atoms with Gasteiger partial charge >= 0.3 is 6.18 Å². The van der Waals surface area contributed by atoms with E-state index in [9.17, 15) is 18.0 Å². The molecule has 4 rings (SSSR count). The van der Waals surface area contributed by atoms with Crippen LogP contribution in [-0.4, -0.2) is 25.8 Å². The molecule has 0 aliphatic carbocycles. The molecule has 2 aromatic heterocycles. The Balaban J connectivity index is 1.68. The number of carbonyl (C=O) groups is 1. The molecule has 0 saturated heterocycles. The number of anilines is 2. The van der Waals surface area contributed by atoms with Gasteiger partial charge in [-0.15, -0.1) is 0 Å². The van der Waals surface area contributed by atoms with Crippen LogP contribution in [0.4, 0.5) is 24.7 Å². The van der Waals surface area contributed by atoms with Crippen LogP contribution in [0, 0.1) is 0 Å². The Bertz CT molecular complexity index is 1250. The third-order valence-electron chi connectivity index (χ3n) is 4.19. The van der Waals surface area contributed by atoms with Crippen LogP contribution in [0.5, 0.6) is 0 Å². The van der Waals surface area contributed by atoms with Gasteiger partial charge in [0.05, 0.1) is 16.6 Å². The van der Waals surface area contributed by atoms with Crippen molar-refractivity contribution in [3.8, 4) is 11.5 Å². The van der Waals surface area contributed by atoms with E-state index >= 15 is 0 Å². The van der Waals surface area contributed by atoms with E-state index in [1.165, 1.54) is 10.6 Å². The van der Waals surface area contributed by atoms with E-state index in [0.717, 1.165) is 12.1 Å². The van der Waals surface area contributed by atoms with Gasteiger partial charge in [-0.05, 0) is 40.6 Å². The number of aromatic nitrogens is 4. The molecule has 0 bridgehead atoms. The molecule has 3 N–H and O–H groups in total. The molecule has 4 aromatic rings. The average Bonchev–Trinajstić information content (AvgIpc) is 3.24. The topological polar surface area (TPSA) is 112 Å². The van der Waals surface area contributed by atoms with E-state index in [4.69, 9.17) is 5.73 Å². The van der Waals surface area contributed by atoms with E-state index in [0.29, 0.717) is 11.0 Å². The number of nitrogens with zero attached hydrogens (tertiary/aromatic N) is 4. The van der Waals surface area contributed by atoms with Crippen molar-refractivity contribution in [2.45, 2.75) is 12.7 Å². The number of halogens is 4. The molecule has 0 aliphatic heterocycles. The first-order chi connectivity index (χ1) is 14.2. The molecule has 0 fully saturated rings. The highest BCUT2D eigenvalue weighted by Crippen LogP contribution is 2.33. The number of alkyl halides is 3. The van der Waals surface area contributed by atoms with Gasteiger partial charge in [0.25, 0.3) is 0 Å². The molecule has 0 radical (unpaired) electrons. The van der Waals surface area contributed by atoms with Crippen molar-refractivity contribution in [1.29, 1.82) is 0 Å². The fourth-order valence-corrected chi connectivity index (χ4v) is 3.43. The first-order valence-electron chi connectivity index (χ1n) is 8.43. The molecule has 0 aliphatic rings. The molecular weight excluding hydrogens is 469 g/mol. The Morgan fingerprint density at radius 1 is 1.20 bits per heavy atom. The lowest BCUT2D eigenvalue weighted by molar-refractivity contribution is -0.137. The van der Waals surface area contributed by atoms with E-state index in [1.54, 1.807) is 24.3 Å². The quantitative estimate of drug-likeness (QED) is 0.454. The molecule has 0 spiro atoms. The number of carbonyl (C=O) groups excluding carboxylic acids is 1. The Hall–Kier alpha value is -3.41. The van der Waals surface area contributed by atoms with Crippen molar-refractivity contribution in [1.82, 2.24) is 19.9 Å². The van der Waals surface area contributed by atoms with Crippen LogP contribution in [-0.2, 0) is 17.5 Å². The van der Waals surface area contributed by atoms with Gasteiger partial charge in [-0.3, -0.25) is 4.79 Å². The second-order valence-electron chi connectivity index (χ2n) is 6.28. The zero-order valence-corrected chi connectivity index (χ0v) is 16.5. The third kappa shape index (κ3) is 3.85. The van der Waals surface area contributed by atoms with E-state index < -0.39 is 17.6 Å². The summed E-state index contributed by atoms with van der Waals surface area (Å²) in [5, 5.41) is 9.72. The molecule has 154 valence electrons. The molecule has 0 unspecified atom stereocenters. The molecule has 0 saturated carbocycles. The maximum Gasteiger partial charge on any atom is 0.416 e. The zero-order chi connectivity index (χ0) is 21.5. The maximum atomic E-state index is 13.0. The summed E-state index contributed by atoms with van der Waals surface area (Å²) >= 11 is 3.03. The normalized spacial score (nSPS) is 11.7. The van der Waals surface area contributed by atoms with Crippen molar-refractivity contribution >= 4 is 44.4 Å². The average molecular weight is 481 g/mol. The number of nitrogen functional groups attached to an aromatic ring is 1. The van der Waals surface area contributed by atoms with Gasteiger partial charge in [0.15, 0.2) is 17.3 Å². The summed E-state index contributed by atoms with van der Waals surface area (Å²) in [6.07, 6.45) is -4.55. The minimum Gasteiger partial charge on any atom is -0.379 e. The van der Waals surface area contributed by atoms with Gasteiger partial charge in [0.1, 0.15) is 6.54 Å². The number of hydrogen-bond donors (Lipinski definition) is 2. The Labute approximate surface area is 175 Å². The number of para-hydroxylation sites is 2. The highest BCUT2D eigenvalue weighted by atomic mass is 79.9. The highest BCUT2D eigenvalue weighted by Gasteiger charge is 2.31. The van der Waals surface area contributed by atoms with Gasteiger partial charge in [-0.1, -0.05) is 28.1 Å². The van der Waals surface area contributed by atoms with E-state index in [1.807, 2.05) is 0 Å². The van der Waals surface area contributed by atoms with Gasteiger partial charge in [-0.25, -0.2) is 9.61 Å². The number of fused-ring (bicyclic) bond motifs is 1. The number of hydrogen-bond acceptors (Lipinski definition) is 6. The van der Waals surface area contributed by atoms with Gasteiger partial charge in [-0.2, -0.15) is 13.2 Å². The van der Waals surface area contributed by atoms with Crippen LogP contribution >= 0.6 is 15.9 Å². The summed E-state index contributed by atoms with van der Waals surface area (Å²) in [5.74, 6) is -0.329. The zero-order valence-electron chi connectivity index (χ0n) is 14.9. The van der Waals surface area contributed by atoms with Gasteiger partial charge in [0.2, 0.25) is 5.91 Å². The van der Waals surface area contributed by atoms with Gasteiger partial charge in [0, 0.05) is 10.2 Å². The fraction of sp³-hybridized carbons (Fsp3) is 0.111. The molecule has 30 heavy (non-hydrogen) atoms. The first kappa shape index (κ1) is 19.9. The Morgan fingerprint density at radius 3 is 2.67 bits per heavy atom. The number of benzene rings is 2. The van der Waals surface area contributed by atoms with Crippen LogP contribution in [0.2, 0.25) is 0 Å². The Morgan fingerprint density at radius 2 is 1.97 bits per heavy atom. The van der Waals surface area contributed by atoms with Crippen LogP contribution < -0.4 is 11.1 Å². The summed E-state index contributed by atoms with van der Waals surface area (Å²) in [7, 11) is 0. The number of rotatable bonds is 4. The van der Waals surface area contributed by atoms with Crippen molar-refractivity contribution in [3.63, 3.8) is 0 Å². The second-order valence-corrected chi connectivity index (χ2v) is 7.20. The molecular formula is C18H12BrF3N6O2.